The van der Waals surface area contributed by atoms with Crippen LogP contribution in [0.5, 0.6) is 0 Å². The third kappa shape index (κ3) is 3.28. The maximum absolute atomic E-state index is 12.3. The number of hydrogen-bond acceptors (Lipinski definition) is 3. The zero-order chi connectivity index (χ0) is 13.8. The van der Waals surface area contributed by atoms with Gasteiger partial charge in [0.1, 0.15) is 0 Å². The Morgan fingerprint density at radius 1 is 1.37 bits per heavy atom. The van der Waals surface area contributed by atoms with E-state index in [1.54, 1.807) is 41.5 Å². The molecule has 0 unspecified atom stereocenters. The molecule has 0 saturated heterocycles. The minimum absolute atomic E-state index is 0.103. The fourth-order valence-electron chi connectivity index (χ4n) is 1.75. The van der Waals surface area contributed by atoms with Crippen molar-refractivity contribution in [2.24, 2.45) is 0 Å². The zero-order valence-corrected chi connectivity index (χ0v) is 12.2. The van der Waals surface area contributed by atoms with E-state index in [1.807, 2.05) is 11.4 Å². The summed E-state index contributed by atoms with van der Waals surface area (Å²) in [6, 6.07) is 9.20. The van der Waals surface area contributed by atoms with Gasteiger partial charge in [0, 0.05) is 18.5 Å². The van der Waals surface area contributed by atoms with Crippen molar-refractivity contribution in [1.29, 1.82) is 0 Å². The van der Waals surface area contributed by atoms with Crippen LogP contribution >= 0.6 is 22.9 Å². The molecule has 0 aliphatic carbocycles. The van der Waals surface area contributed by atoms with Crippen molar-refractivity contribution in [2.45, 2.75) is 6.42 Å². The van der Waals surface area contributed by atoms with E-state index < -0.39 is 0 Å². The number of halogens is 1. The predicted molar refractivity (Wildman–Crippen MR) is 80.8 cm³/mol. The number of likely N-dealkylation sites (N-methyl/N-ethyl adjacent to an activating group) is 1. The summed E-state index contributed by atoms with van der Waals surface area (Å²) in [5, 5.41) is 2.36. The smallest absolute Gasteiger partial charge is 0.255 e. The highest BCUT2D eigenvalue weighted by atomic mass is 35.5. The molecular weight excluding hydrogens is 280 g/mol. The van der Waals surface area contributed by atoms with Gasteiger partial charge in [-0.3, -0.25) is 4.79 Å². The number of carbonyl (C=O) groups is 1. The fourth-order valence-corrected chi connectivity index (χ4v) is 2.66. The van der Waals surface area contributed by atoms with E-state index in [2.05, 4.69) is 6.07 Å². The first-order valence-corrected chi connectivity index (χ1v) is 7.17. The standard InChI is InChI=1S/C14H15ClN2OS/c1-17(8-7-10-4-3-9-19-10)14(18)11-5-2-6-12(16)13(11)15/h2-6,9H,7-8,16H2,1H3. The van der Waals surface area contributed by atoms with E-state index in [9.17, 15) is 4.79 Å². The molecule has 0 bridgehead atoms. The summed E-state index contributed by atoms with van der Waals surface area (Å²) in [7, 11) is 1.77. The van der Waals surface area contributed by atoms with Gasteiger partial charge in [-0.2, -0.15) is 0 Å². The highest BCUT2D eigenvalue weighted by Crippen LogP contribution is 2.24. The fraction of sp³-hybridized carbons (Fsp3) is 0.214. The average Bonchev–Trinajstić information content (AvgIpc) is 2.91. The molecule has 2 rings (SSSR count). The molecule has 0 fully saturated rings. The van der Waals surface area contributed by atoms with Crippen molar-refractivity contribution in [3.63, 3.8) is 0 Å². The van der Waals surface area contributed by atoms with Crippen LogP contribution in [0.3, 0.4) is 0 Å². The number of nitrogens with zero attached hydrogens (tertiary/aromatic N) is 1. The van der Waals surface area contributed by atoms with Crippen molar-refractivity contribution in [3.8, 4) is 0 Å². The Hall–Kier alpha value is -1.52. The second-order valence-corrected chi connectivity index (χ2v) is 5.68. The van der Waals surface area contributed by atoms with Crippen molar-refractivity contribution in [1.82, 2.24) is 4.90 Å². The molecule has 1 amide bonds. The van der Waals surface area contributed by atoms with Gasteiger partial charge in [0.15, 0.2) is 0 Å². The first-order valence-electron chi connectivity index (χ1n) is 5.91. The zero-order valence-electron chi connectivity index (χ0n) is 10.6. The van der Waals surface area contributed by atoms with Gasteiger partial charge in [0.05, 0.1) is 16.3 Å². The molecule has 5 heteroatoms. The topological polar surface area (TPSA) is 46.3 Å². The molecule has 0 atom stereocenters. The number of thiophene rings is 1. The lowest BCUT2D eigenvalue weighted by molar-refractivity contribution is 0.0797. The highest BCUT2D eigenvalue weighted by molar-refractivity contribution is 7.09. The minimum atomic E-state index is -0.103. The summed E-state index contributed by atoms with van der Waals surface area (Å²) in [6.45, 7) is 0.657. The van der Waals surface area contributed by atoms with Gasteiger partial charge >= 0.3 is 0 Å². The Balaban J connectivity index is 2.04. The Morgan fingerprint density at radius 2 is 2.16 bits per heavy atom. The van der Waals surface area contributed by atoms with E-state index >= 15 is 0 Å². The molecule has 0 aliphatic heterocycles. The van der Waals surface area contributed by atoms with Crippen LogP contribution in [0.1, 0.15) is 15.2 Å². The summed E-state index contributed by atoms with van der Waals surface area (Å²) in [5.74, 6) is -0.103. The third-order valence-corrected chi connectivity index (χ3v) is 4.24. The lowest BCUT2D eigenvalue weighted by Crippen LogP contribution is -2.29. The van der Waals surface area contributed by atoms with Crippen LogP contribution < -0.4 is 5.73 Å². The number of carbonyl (C=O) groups excluding carboxylic acids is 1. The highest BCUT2D eigenvalue weighted by Gasteiger charge is 2.16. The molecule has 100 valence electrons. The minimum Gasteiger partial charge on any atom is -0.398 e. The normalized spacial score (nSPS) is 10.4. The second kappa shape index (κ2) is 6.08. The molecule has 2 aromatic rings. The molecule has 1 aromatic carbocycles. The van der Waals surface area contributed by atoms with Gasteiger partial charge in [0.2, 0.25) is 0 Å². The summed E-state index contributed by atoms with van der Waals surface area (Å²) < 4.78 is 0. The maximum Gasteiger partial charge on any atom is 0.255 e. The largest absolute Gasteiger partial charge is 0.398 e. The molecule has 1 heterocycles. The first kappa shape index (κ1) is 13.9. The Kier molecular flexibility index (Phi) is 4.45. The SMILES string of the molecule is CN(CCc1cccs1)C(=O)c1cccc(N)c1Cl. The molecular formula is C14H15ClN2OS. The van der Waals surface area contributed by atoms with E-state index in [0.717, 1.165) is 6.42 Å². The van der Waals surface area contributed by atoms with Crippen LogP contribution in [-0.2, 0) is 6.42 Å². The van der Waals surface area contributed by atoms with Gasteiger partial charge < -0.3 is 10.6 Å². The van der Waals surface area contributed by atoms with Gasteiger partial charge in [-0.1, -0.05) is 23.7 Å². The Morgan fingerprint density at radius 3 is 2.84 bits per heavy atom. The quantitative estimate of drug-likeness (QED) is 0.880. The van der Waals surface area contributed by atoms with Gasteiger partial charge in [-0.05, 0) is 30.0 Å². The lowest BCUT2D eigenvalue weighted by Gasteiger charge is -2.17. The average molecular weight is 295 g/mol. The third-order valence-electron chi connectivity index (χ3n) is 2.88. The molecule has 0 aliphatic rings. The van der Waals surface area contributed by atoms with Crippen molar-refractivity contribution >= 4 is 34.5 Å². The predicted octanol–water partition coefficient (Wildman–Crippen LogP) is 3.30. The molecule has 2 N–H and O–H groups in total. The molecule has 1 aromatic heterocycles. The maximum atomic E-state index is 12.3. The Labute approximate surface area is 121 Å². The molecule has 0 radical (unpaired) electrons. The number of anilines is 1. The number of nitrogens with two attached hydrogens (primary N) is 1. The number of benzene rings is 1. The summed E-state index contributed by atoms with van der Waals surface area (Å²) >= 11 is 7.76. The number of nitrogen functional groups attached to an aromatic ring is 1. The van der Waals surface area contributed by atoms with Crippen molar-refractivity contribution < 1.29 is 4.79 Å². The van der Waals surface area contributed by atoms with E-state index in [1.165, 1.54) is 4.88 Å². The lowest BCUT2D eigenvalue weighted by atomic mass is 10.1. The van der Waals surface area contributed by atoms with E-state index in [4.69, 9.17) is 17.3 Å². The number of rotatable bonds is 4. The molecule has 0 saturated carbocycles. The first-order chi connectivity index (χ1) is 9.09. The number of hydrogen-bond donors (Lipinski definition) is 1. The second-order valence-electron chi connectivity index (χ2n) is 4.26. The van der Waals surface area contributed by atoms with Crippen LogP contribution in [0, 0.1) is 0 Å². The van der Waals surface area contributed by atoms with Gasteiger partial charge in [-0.15, -0.1) is 11.3 Å². The van der Waals surface area contributed by atoms with E-state index in [0.29, 0.717) is 22.8 Å². The van der Waals surface area contributed by atoms with Crippen LogP contribution in [0.2, 0.25) is 5.02 Å². The van der Waals surface area contributed by atoms with Crippen LogP contribution in [0.4, 0.5) is 5.69 Å². The van der Waals surface area contributed by atoms with Gasteiger partial charge in [-0.25, -0.2) is 0 Å². The monoisotopic (exact) mass is 294 g/mol. The number of amides is 1. The van der Waals surface area contributed by atoms with Crippen LogP contribution in [0.25, 0.3) is 0 Å². The van der Waals surface area contributed by atoms with Crippen molar-refractivity contribution in [2.75, 3.05) is 19.3 Å². The summed E-state index contributed by atoms with van der Waals surface area (Å²) in [5.41, 5.74) is 6.59. The Bertz CT molecular complexity index is 569. The van der Waals surface area contributed by atoms with Crippen molar-refractivity contribution in [3.05, 3.63) is 51.2 Å². The van der Waals surface area contributed by atoms with Gasteiger partial charge in [0.25, 0.3) is 5.91 Å². The molecule has 3 nitrogen and oxygen atoms in total. The summed E-state index contributed by atoms with van der Waals surface area (Å²) in [6.07, 6.45) is 0.847. The van der Waals surface area contributed by atoms with E-state index in [-0.39, 0.29) is 5.91 Å². The molecule has 0 spiro atoms. The summed E-state index contributed by atoms with van der Waals surface area (Å²) in [4.78, 5) is 15.2. The van der Waals surface area contributed by atoms with Crippen LogP contribution in [-0.4, -0.2) is 24.4 Å². The van der Waals surface area contributed by atoms with Crippen LogP contribution in [0.15, 0.2) is 35.7 Å². The molecule has 19 heavy (non-hydrogen) atoms.